The van der Waals surface area contributed by atoms with Crippen LogP contribution in [0.2, 0.25) is 0 Å². The van der Waals surface area contributed by atoms with Gasteiger partial charge in [-0.05, 0) is 50.3 Å². The molecule has 242 valence electrons. The standard InChI is InChI=1S/C29H44N7O7P/c1-7-19(8-2)23(28(40)41)34-44(43,33-18(4)27(38)39)14-12-10-9-11-13-36-22-16-21(35(5)6)17(3)15-20(22)30-24-25(36)31-29(42)32-26(24)37/h15-16,18-19,23H,7-14H2,1-6H3,(H,38,39)(H,40,41)(H,32,37,42)(H2,33,34,43)/t18-,23-,44?/m0/s1. The summed E-state index contributed by atoms with van der Waals surface area (Å²) in [6.07, 6.45) is 3.60. The average Bonchev–Trinajstić information content (AvgIpc) is 2.94. The first kappa shape index (κ1) is 34.9. The second-order valence-electron chi connectivity index (χ2n) is 11.4. The molecule has 0 saturated carbocycles. The van der Waals surface area contributed by atoms with Crippen molar-refractivity contribution in [2.45, 2.75) is 84.8 Å². The second kappa shape index (κ2) is 14.9. The van der Waals surface area contributed by atoms with Crippen LogP contribution in [-0.4, -0.2) is 74.0 Å². The zero-order chi connectivity index (χ0) is 32.8. The van der Waals surface area contributed by atoms with Gasteiger partial charge in [-0.3, -0.25) is 23.9 Å². The lowest BCUT2D eigenvalue weighted by atomic mass is 9.95. The van der Waals surface area contributed by atoms with Crippen LogP contribution in [0, 0.1) is 12.8 Å². The number of carboxylic acid groups (broad SMARTS) is 2. The summed E-state index contributed by atoms with van der Waals surface area (Å²) in [4.78, 5) is 61.0. The van der Waals surface area contributed by atoms with Gasteiger partial charge in [0.15, 0.2) is 11.5 Å². The Morgan fingerprint density at radius 2 is 1.68 bits per heavy atom. The number of hydrogen-bond acceptors (Lipinski definition) is 8. The third-order valence-electron chi connectivity index (χ3n) is 7.92. The molecule has 14 nitrogen and oxygen atoms in total. The van der Waals surface area contributed by atoms with Crippen LogP contribution in [0.4, 0.5) is 5.69 Å². The monoisotopic (exact) mass is 633 g/mol. The van der Waals surface area contributed by atoms with E-state index in [2.05, 4.69) is 25.1 Å². The minimum absolute atomic E-state index is 0.0742. The number of aromatic amines is 1. The molecule has 44 heavy (non-hydrogen) atoms. The van der Waals surface area contributed by atoms with Gasteiger partial charge in [-0.2, -0.15) is 4.98 Å². The van der Waals surface area contributed by atoms with Gasteiger partial charge in [-0.1, -0.05) is 39.5 Å². The summed E-state index contributed by atoms with van der Waals surface area (Å²) in [7, 11) is 0.266. The molecule has 0 bridgehead atoms. The highest BCUT2D eigenvalue weighted by Crippen LogP contribution is 2.40. The molecule has 1 aromatic carbocycles. The Morgan fingerprint density at radius 3 is 2.27 bits per heavy atom. The quantitative estimate of drug-likeness (QED) is 0.0827. The first-order valence-electron chi connectivity index (χ1n) is 14.9. The molecule has 0 fully saturated rings. The van der Waals surface area contributed by atoms with Crippen LogP contribution in [0.1, 0.15) is 64.9 Å². The second-order valence-corrected chi connectivity index (χ2v) is 13.9. The van der Waals surface area contributed by atoms with Crippen LogP contribution in [0.3, 0.4) is 0 Å². The molecule has 2 aliphatic heterocycles. The van der Waals surface area contributed by atoms with Crippen LogP contribution in [0.25, 0.3) is 22.6 Å². The molecular formula is C29H44N7O7P. The number of aliphatic carboxylic acids is 2. The molecule has 15 heteroatoms. The summed E-state index contributed by atoms with van der Waals surface area (Å²) < 4.78 is 15.7. The number of hydrogen-bond donors (Lipinski definition) is 5. The Hall–Kier alpha value is -3.61. The van der Waals surface area contributed by atoms with Gasteiger partial charge in [0, 0.05) is 32.5 Å². The van der Waals surface area contributed by atoms with Crippen molar-refractivity contribution in [3.63, 3.8) is 0 Å². The largest absolute Gasteiger partial charge is 0.480 e. The number of H-pyrrole nitrogens is 1. The number of fused-ring (bicyclic) bond motifs is 2. The molecule has 0 saturated heterocycles. The molecule has 2 aliphatic rings. The van der Waals surface area contributed by atoms with Gasteiger partial charge < -0.3 is 19.7 Å². The number of benzene rings is 1. The lowest BCUT2D eigenvalue weighted by Gasteiger charge is -2.30. The third kappa shape index (κ3) is 8.30. The zero-order valence-electron chi connectivity index (χ0n) is 26.2. The number of anilines is 1. The molecule has 1 aromatic rings. The number of nitrogens with one attached hydrogen (secondary N) is 3. The molecule has 0 radical (unpaired) electrons. The lowest BCUT2D eigenvalue weighted by Crippen LogP contribution is -2.46. The SMILES string of the molecule is CCC(CC)[C@H](NP(=O)(CCCCCCn1c2nc(=O)[nH]c(=O)c-2nc2cc(C)c(N(C)C)cc21)N[C@@H](C)C(=O)O)C(=O)O. The van der Waals surface area contributed by atoms with Crippen molar-refractivity contribution in [3.8, 4) is 11.5 Å². The number of aryl methyl sites for hydroxylation is 2. The predicted molar refractivity (Wildman–Crippen MR) is 170 cm³/mol. The first-order chi connectivity index (χ1) is 20.7. The Kier molecular flexibility index (Phi) is 11.8. The van der Waals surface area contributed by atoms with Crippen molar-refractivity contribution in [2.24, 2.45) is 5.92 Å². The van der Waals surface area contributed by atoms with Crippen molar-refractivity contribution in [1.82, 2.24) is 29.7 Å². The van der Waals surface area contributed by atoms with Gasteiger partial charge in [0.2, 0.25) is 7.44 Å². The molecule has 0 spiro atoms. The Bertz CT molecular complexity index is 1620. The molecule has 2 heterocycles. The minimum Gasteiger partial charge on any atom is -0.480 e. The van der Waals surface area contributed by atoms with Crippen molar-refractivity contribution in [1.29, 1.82) is 0 Å². The highest BCUT2D eigenvalue weighted by Gasteiger charge is 2.35. The smallest absolute Gasteiger partial charge is 0.349 e. The van der Waals surface area contributed by atoms with Gasteiger partial charge in [0.1, 0.15) is 12.1 Å². The lowest BCUT2D eigenvalue weighted by molar-refractivity contribution is -0.140. The van der Waals surface area contributed by atoms with E-state index < -0.39 is 42.7 Å². The van der Waals surface area contributed by atoms with Crippen molar-refractivity contribution < 1.29 is 24.4 Å². The molecule has 5 N–H and O–H groups in total. The van der Waals surface area contributed by atoms with E-state index in [-0.39, 0.29) is 23.6 Å². The van der Waals surface area contributed by atoms with Crippen molar-refractivity contribution in [2.75, 3.05) is 25.2 Å². The minimum atomic E-state index is -3.58. The Labute approximate surface area is 256 Å². The fraction of sp³-hybridized carbons (Fsp3) is 0.586. The summed E-state index contributed by atoms with van der Waals surface area (Å²) in [6, 6.07) is 1.64. The van der Waals surface area contributed by atoms with E-state index in [0.717, 1.165) is 16.8 Å². The highest BCUT2D eigenvalue weighted by atomic mass is 31.2. The van der Waals surface area contributed by atoms with Crippen LogP contribution in [0.15, 0.2) is 21.7 Å². The topological polar surface area (TPSA) is 200 Å². The number of aromatic nitrogens is 4. The average molecular weight is 634 g/mol. The van der Waals surface area contributed by atoms with Gasteiger partial charge >= 0.3 is 17.6 Å². The molecule has 0 aliphatic carbocycles. The van der Waals surface area contributed by atoms with Crippen LogP contribution in [-0.2, 0) is 20.7 Å². The summed E-state index contributed by atoms with van der Waals surface area (Å²) in [5, 5.41) is 24.7. The Balaban J connectivity index is 1.79. The fourth-order valence-corrected chi connectivity index (χ4v) is 7.99. The molecule has 0 amide bonds. The summed E-state index contributed by atoms with van der Waals surface area (Å²) in [6.45, 7) is 7.49. The zero-order valence-corrected chi connectivity index (χ0v) is 27.1. The van der Waals surface area contributed by atoms with Gasteiger partial charge in [0.05, 0.1) is 11.0 Å². The van der Waals surface area contributed by atoms with E-state index in [4.69, 9.17) is 0 Å². The summed E-state index contributed by atoms with van der Waals surface area (Å²) in [5.41, 5.74) is 1.97. The van der Waals surface area contributed by atoms with E-state index in [1.807, 2.05) is 56.5 Å². The number of rotatable bonds is 17. The van der Waals surface area contributed by atoms with E-state index in [1.165, 1.54) is 6.92 Å². The highest BCUT2D eigenvalue weighted by molar-refractivity contribution is 7.59. The fourth-order valence-electron chi connectivity index (χ4n) is 5.48. The van der Waals surface area contributed by atoms with E-state index in [1.54, 1.807) is 0 Å². The maximum absolute atomic E-state index is 13.9. The van der Waals surface area contributed by atoms with E-state index in [0.29, 0.717) is 50.6 Å². The van der Waals surface area contributed by atoms with Crippen molar-refractivity contribution in [3.05, 3.63) is 38.5 Å². The molecule has 1 unspecified atom stereocenters. The molecular weight excluding hydrogens is 589 g/mol. The normalized spacial score (nSPS) is 14.5. The number of nitrogens with zero attached hydrogens (tertiary/aromatic N) is 4. The molecule has 3 rings (SSSR count). The molecule has 0 aromatic heterocycles. The van der Waals surface area contributed by atoms with Crippen LogP contribution >= 0.6 is 7.44 Å². The maximum atomic E-state index is 13.9. The van der Waals surface area contributed by atoms with Crippen molar-refractivity contribution >= 4 is 36.1 Å². The number of carboxylic acids is 2. The summed E-state index contributed by atoms with van der Waals surface area (Å²) >= 11 is 0. The Morgan fingerprint density at radius 1 is 1.02 bits per heavy atom. The number of unbranched alkanes of at least 4 members (excludes halogenated alkanes) is 3. The van der Waals surface area contributed by atoms with E-state index in [9.17, 15) is 34.0 Å². The number of carbonyl (C=O) groups is 2. The first-order valence-corrected chi connectivity index (χ1v) is 16.8. The molecule has 3 atom stereocenters. The maximum Gasteiger partial charge on any atom is 0.349 e. The predicted octanol–water partition coefficient (Wildman–Crippen LogP) is 3.25. The van der Waals surface area contributed by atoms with Gasteiger partial charge in [-0.25, -0.2) is 20.0 Å². The van der Waals surface area contributed by atoms with Gasteiger partial charge in [-0.15, -0.1) is 0 Å². The van der Waals surface area contributed by atoms with Crippen LogP contribution < -0.4 is 26.3 Å². The van der Waals surface area contributed by atoms with Gasteiger partial charge in [0.25, 0.3) is 5.56 Å². The van der Waals surface area contributed by atoms with Crippen LogP contribution in [0.5, 0.6) is 0 Å². The van der Waals surface area contributed by atoms with E-state index >= 15 is 0 Å². The third-order valence-corrected chi connectivity index (χ3v) is 10.4. The summed E-state index contributed by atoms with van der Waals surface area (Å²) in [5.74, 6) is -2.38.